The summed E-state index contributed by atoms with van der Waals surface area (Å²) in [6, 6.07) is 0. The van der Waals surface area contributed by atoms with Crippen molar-refractivity contribution in [3.63, 3.8) is 0 Å². The van der Waals surface area contributed by atoms with E-state index in [1.807, 2.05) is 0 Å². The van der Waals surface area contributed by atoms with Gasteiger partial charge in [-0.05, 0) is 27.7 Å². The standard InChI is InChI=1S/C22H28O8/c1-7-12(3)20(25)30-18-17-13(4)21(26)29-15(17)10-11(2)8-9-16(24)22(6,27)19(18)28-14(5)23/h7-8,15,17-19,27H,4,9-10H2,1-3,5-6H3/t15-,17+,18+,19-,22+/m1/s1. The van der Waals surface area contributed by atoms with Crippen molar-refractivity contribution in [2.45, 2.75) is 71.4 Å². The van der Waals surface area contributed by atoms with Gasteiger partial charge in [-0.3, -0.25) is 9.59 Å². The maximum absolute atomic E-state index is 12.8. The van der Waals surface area contributed by atoms with Gasteiger partial charge in [0.05, 0.1) is 5.92 Å². The van der Waals surface area contributed by atoms with E-state index in [9.17, 15) is 24.3 Å². The van der Waals surface area contributed by atoms with Crippen molar-refractivity contribution in [1.29, 1.82) is 0 Å². The molecule has 0 spiro atoms. The molecule has 1 aliphatic heterocycles. The first-order chi connectivity index (χ1) is 13.9. The Kier molecular flexibility index (Phi) is 7.02. The summed E-state index contributed by atoms with van der Waals surface area (Å²) in [6.07, 6.45) is -0.392. The van der Waals surface area contributed by atoms with Crippen LogP contribution in [0.2, 0.25) is 0 Å². The van der Waals surface area contributed by atoms with Gasteiger partial charge in [-0.15, -0.1) is 0 Å². The molecule has 1 aliphatic carbocycles. The number of fused-ring (bicyclic) bond motifs is 1. The molecular weight excluding hydrogens is 392 g/mol. The lowest BCUT2D eigenvalue weighted by Gasteiger charge is -2.39. The van der Waals surface area contributed by atoms with Gasteiger partial charge in [-0.1, -0.05) is 24.3 Å². The number of hydrogen-bond acceptors (Lipinski definition) is 8. The number of carbonyl (C=O) groups is 4. The van der Waals surface area contributed by atoms with Gasteiger partial charge in [0, 0.05) is 30.9 Å². The molecule has 0 saturated carbocycles. The Bertz CT molecular complexity index is 832. The Hall–Kier alpha value is -2.74. The molecule has 1 fully saturated rings. The first-order valence-electron chi connectivity index (χ1n) is 9.72. The fourth-order valence-electron chi connectivity index (χ4n) is 3.60. The summed E-state index contributed by atoms with van der Waals surface area (Å²) >= 11 is 0. The monoisotopic (exact) mass is 420 g/mol. The average molecular weight is 420 g/mol. The smallest absolute Gasteiger partial charge is 0.334 e. The van der Waals surface area contributed by atoms with Crippen molar-refractivity contribution in [1.82, 2.24) is 0 Å². The number of ketones is 1. The van der Waals surface area contributed by atoms with Gasteiger partial charge in [-0.25, -0.2) is 9.59 Å². The molecule has 1 N–H and O–H groups in total. The maximum Gasteiger partial charge on any atom is 0.334 e. The largest absolute Gasteiger partial charge is 0.458 e. The molecule has 1 heterocycles. The number of hydrogen-bond donors (Lipinski definition) is 1. The molecule has 2 rings (SSSR count). The molecule has 8 heteroatoms. The molecule has 0 aromatic heterocycles. The normalized spacial score (nSPS) is 32.7. The van der Waals surface area contributed by atoms with Crippen LogP contribution < -0.4 is 0 Å². The van der Waals surface area contributed by atoms with Crippen LogP contribution in [0.5, 0.6) is 0 Å². The van der Waals surface area contributed by atoms with Crippen molar-refractivity contribution >= 4 is 23.7 Å². The van der Waals surface area contributed by atoms with Crippen LogP contribution in [0.25, 0.3) is 0 Å². The molecular formula is C22H28O8. The van der Waals surface area contributed by atoms with Crippen LogP contribution in [-0.2, 0) is 33.4 Å². The van der Waals surface area contributed by atoms with Crippen LogP contribution in [-0.4, -0.2) is 52.7 Å². The van der Waals surface area contributed by atoms with E-state index in [1.54, 1.807) is 19.9 Å². The van der Waals surface area contributed by atoms with Crippen LogP contribution >= 0.6 is 0 Å². The number of aliphatic hydroxyl groups is 1. The zero-order valence-corrected chi connectivity index (χ0v) is 17.9. The highest BCUT2D eigenvalue weighted by Gasteiger charge is 2.55. The third-order valence-electron chi connectivity index (χ3n) is 5.54. The van der Waals surface area contributed by atoms with Gasteiger partial charge in [0.2, 0.25) is 0 Å². The molecule has 30 heavy (non-hydrogen) atoms. The predicted molar refractivity (Wildman–Crippen MR) is 106 cm³/mol. The quantitative estimate of drug-likeness (QED) is 0.319. The van der Waals surface area contributed by atoms with E-state index in [2.05, 4.69) is 6.58 Å². The second kappa shape index (κ2) is 8.95. The fourth-order valence-corrected chi connectivity index (χ4v) is 3.60. The highest BCUT2D eigenvalue weighted by atomic mass is 16.6. The molecule has 5 atom stereocenters. The summed E-state index contributed by atoms with van der Waals surface area (Å²) in [5, 5.41) is 11.1. The molecule has 0 aromatic carbocycles. The molecule has 0 radical (unpaired) electrons. The van der Waals surface area contributed by atoms with Crippen LogP contribution in [0.15, 0.2) is 35.5 Å². The molecule has 0 bridgehead atoms. The van der Waals surface area contributed by atoms with E-state index in [1.165, 1.54) is 19.9 Å². The molecule has 1 saturated heterocycles. The van der Waals surface area contributed by atoms with Gasteiger partial charge >= 0.3 is 17.9 Å². The van der Waals surface area contributed by atoms with Crippen LogP contribution in [0.1, 0.15) is 47.5 Å². The average Bonchev–Trinajstić information content (AvgIpc) is 2.94. The van der Waals surface area contributed by atoms with Gasteiger partial charge in [0.25, 0.3) is 0 Å². The number of carbonyl (C=O) groups excluding carboxylic acids is 4. The molecule has 0 unspecified atom stereocenters. The lowest BCUT2D eigenvalue weighted by Crippen LogP contribution is -2.58. The molecule has 0 aromatic rings. The minimum atomic E-state index is -2.19. The number of ether oxygens (including phenoxy) is 3. The second-order valence-corrected chi connectivity index (χ2v) is 7.90. The Balaban J connectivity index is 2.68. The summed E-state index contributed by atoms with van der Waals surface area (Å²) in [5.41, 5.74) is -1.14. The van der Waals surface area contributed by atoms with E-state index < -0.39 is 53.5 Å². The van der Waals surface area contributed by atoms with Gasteiger partial charge in [-0.2, -0.15) is 0 Å². The zero-order valence-electron chi connectivity index (χ0n) is 17.9. The SMILES string of the molecule is C=C1C(=O)O[C@@H]2CC(C)=CCC(=O)[C@](C)(O)[C@H](OC(C)=O)[C@@H](OC(=O)C(C)=CC)[C@@H]12. The fraction of sp³-hybridized carbons (Fsp3) is 0.545. The molecule has 2 aliphatic rings. The first-order valence-corrected chi connectivity index (χ1v) is 9.72. The number of Topliss-reactive ketones (excluding diaryl/α,β-unsaturated/α-hetero) is 1. The third kappa shape index (κ3) is 4.70. The first kappa shape index (κ1) is 23.5. The summed E-state index contributed by atoms with van der Waals surface area (Å²) in [6.45, 7) is 11.0. The minimum Gasteiger partial charge on any atom is -0.458 e. The maximum atomic E-state index is 12.8. The highest BCUT2D eigenvalue weighted by molar-refractivity contribution is 5.93. The van der Waals surface area contributed by atoms with Crippen LogP contribution in [0.4, 0.5) is 0 Å². The Morgan fingerprint density at radius 3 is 2.50 bits per heavy atom. The predicted octanol–water partition coefficient (Wildman–Crippen LogP) is 1.95. The number of allylic oxidation sites excluding steroid dienone is 2. The van der Waals surface area contributed by atoms with E-state index in [0.717, 1.165) is 12.5 Å². The second-order valence-electron chi connectivity index (χ2n) is 7.90. The number of rotatable bonds is 3. The van der Waals surface area contributed by atoms with Crippen LogP contribution in [0.3, 0.4) is 0 Å². The third-order valence-corrected chi connectivity index (χ3v) is 5.54. The van der Waals surface area contributed by atoms with Crippen molar-refractivity contribution in [3.05, 3.63) is 35.5 Å². The van der Waals surface area contributed by atoms with Crippen molar-refractivity contribution < 1.29 is 38.5 Å². The molecule has 8 nitrogen and oxygen atoms in total. The zero-order chi connectivity index (χ0) is 22.8. The Morgan fingerprint density at radius 2 is 1.93 bits per heavy atom. The Morgan fingerprint density at radius 1 is 1.30 bits per heavy atom. The summed E-state index contributed by atoms with van der Waals surface area (Å²) in [4.78, 5) is 49.5. The summed E-state index contributed by atoms with van der Waals surface area (Å²) in [7, 11) is 0. The minimum absolute atomic E-state index is 0.0182. The van der Waals surface area contributed by atoms with E-state index >= 15 is 0 Å². The topological polar surface area (TPSA) is 116 Å². The lowest BCUT2D eigenvalue weighted by atomic mass is 9.77. The van der Waals surface area contributed by atoms with Crippen molar-refractivity contribution in [2.75, 3.05) is 0 Å². The Labute approximate surface area is 175 Å². The van der Waals surface area contributed by atoms with E-state index in [0.29, 0.717) is 0 Å². The molecule has 164 valence electrons. The summed E-state index contributed by atoms with van der Waals surface area (Å²) < 4.78 is 16.4. The molecule has 0 amide bonds. The number of esters is 3. The van der Waals surface area contributed by atoms with Gasteiger partial charge < -0.3 is 19.3 Å². The highest BCUT2D eigenvalue weighted by Crippen LogP contribution is 2.40. The van der Waals surface area contributed by atoms with E-state index in [4.69, 9.17) is 14.2 Å². The van der Waals surface area contributed by atoms with Crippen molar-refractivity contribution in [2.24, 2.45) is 5.92 Å². The van der Waals surface area contributed by atoms with Crippen LogP contribution in [0, 0.1) is 5.92 Å². The van der Waals surface area contributed by atoms with Gasteiger partial charge in [0.15, 0.2) is 23.6 Å². The van der Waals surface area contributed by atoms with Gasteiger partial charge in [0.1, 0.15) is 6.10 Å². The summed E-state index contributed by atoms with van der Waals surface area (Å²) in [5.74, 6) is -3.73. The van der Waals surface area contributed by atoms with Crippen molar-refractivity contribution in [3.8, 4) is 0 Å². The van der Waals surface area contributed by atoms with E-state index in [-0.39, 0.29) is 24.0 Å². The lowest BCUT2D eigenvalue weighted by molar-refractivity contribution is -0.195.